The van der Waals surface area contributed by atoms with Gasteiger partial charge in [0.15, 0.2) is 5.84 Å². The van der Waals surface area contributed by atoms with Crippen LogP contribution >= 0.6 is 11.8 Å². The molecule has 0 atom stereocenters. The Kier molecular flexibility index (Phi) is 5.97. The summed E-state index contributed by atoms with van der Waals surface area (Å²) in [4.78, 5) is 14.0. The van der Waals surface area contributed by atoms with Crippen molar-refractivity contribution >= 4 is 23.5 Å². The topological polar surface area (TPSA) is 78.9 Å². The first-order valence-corrected chi connectivity index (χ1v) is 7.98. The quantitative estimate of drug-likeness (QED) is 0.350. The molecule has 0 spiro atoms. The van der Waals surface area contributed by atoms with Gasteiger partial charge in [-0.3, -0.25) is 4.79 Å². The van der Waals surface area contributed by atoms with Gasteiger partial charge in [0.05, 0.1) is 4.75 Å². The summed E-state index contributed by atoms with van der Waals surface area (Å²) in [7, 11) is 0. The van der Waals surface area contributed by atoms with Crippen LogP contribution in [0.2, 0.25) is 0 Å². The molecule has 0 aromatic rings. The minimum Gasteiger partial charge on any atom is -0.409 e. The SMILES string of the molecule is CSC1(C(N)=NO)CCN(C(=O)CCC(C)C)CC1. The van der Waals surface area contributed by atoms with Crippen LogP contribution in [0.25, 0.3) is 0 Å². The van der Waals surface area contributed by atoms with E-state index in [1.807, 2.05) is 11.2 Å². The molecule has 0 aromatic carbocycles. The van der Waals surface area contributed by atoms with E-state index in [2.05, 4.69) is 19.0 Å². The van der Waals surface area contributed by atoms with E-state index in [4.69, 9.17) is 10.9 Å². The van der Waals surface area contributed by atoms with Gasteiger partial charge in [0.2, 0.25) is 5.91 Å². The second-order valence-electron chi connectivity index (χ2n) is 5.50. The highest BCUT2D eigenvalue weighted by molar-refractivity contribution is 8.00. The van der Waals surface area contributed by atoms with E-state index in [1.165, 1.54) is 0 Å². The number of amidine groups is 1. The van der Waals surface area contributed by atoms with Gasteiger partial charge in [-0.2, -0.15) is 11.8 Å². The zero-order valence-electron chi connectivity index (χ0n) is 12.1. The van der Waals surface area contributed by atoms with Crippen LogP contribution < -0.4 is 5.73 Å². The highest BCUT2D eigenvalue weighted by atomic mass is 32.2. The molecule has 0 bridgehead atoms. The molecule has 6 heteroatoms. The fraction of sp³-hybridized carbons (Fsp3) is 0.846. The summed E-state index contributed by atoms with van der Waals surface area (Å²) < 4.78 is -0.316. The van der Waals surface area contributed by atoms with E-state index in [-0.39, 0.29) is 16.5 Å². The summed E-state index contributed by atoms with van der Waals surface area (Å²) in [5.41, 5.74) is 5.79. The van der Waals surface area contributed by atoms with Gasteiger partial charge in [0, 0.05) is 19.5 Å². The number of amides is 1. The maximum absolute atomic E-state index is 12.0. The van der Waals surface area contributed by atoms with Gasteiger partial charge in [-0.05, 0) is 31.4 Å². The van der Waals surface area contributed by atoms with Gasteiger partial charge >= 0.3 is 0 Å². The summed E-state index contributed by atoms with van der Waals surface area (Å²) in [5.74, 6) is 1.05. The third-order valence-electron chi connectivity index (χ3n) is 3.82. The Morgan fingerprint density at radius 1 is 1.47 bits per heavy atom. The van der Waals surface area contributed by atoms with Crippen molar-refractivity contribution in [2.24, 2.45) is 16.8 Å². The zero-order chi connectivity index (χ0) is 14.5. The molecule has 110 valence electrons. The molecule has 1 amide bonds. The van der Waals surface area contributed by atoms with Gasteiger partial charge in [0.25, 0.3) is 0 Å². The first-order chi connectivity index (χ1) is 8.95. The van der Waals surface area contributed by atoms with Crippen LogP contribution in [-0.2, 0) is 4.79 Å². The Bertz CT molecular complexity index is 337. The first-order valence-electron chi connectivity index (χ1n) is 6.76. The Morgan fingerprint density at radius 3 is 2.47 bits per heavy atom. The number of rotatable bonds is 5. The van der Waals surface area contributed by atoms with Crippen LogP contribution in [-0.4, -0.2) is 45.9 Å². The van der Waals surface area contributed by atoms with Crippen molar-refractivity contribution in [3.05, 3.63) is 0 Å². The smallest absolute Gasteiger partial charge is 0.222 e. The van der Waals surface area contributed by atoms with Crippen molar-refractivity contribution in [3.63, 3.8) is 0 Å². The number of piperidine rings is 1. The Balaban J connectivity index is 2.54. The lowest BCUT2D eigenvalue weighted by atomic mass is 9.94. The second-order valence-corrected chi connectivity index (χ2v) is 6.69. The maximum atomic E-state index is 12.0. The number of hydrogen-bond acceptors (Lipinski definition) is 4. The van der Waals surface area contributed by atoms with Crippen LogP contribution in [0.3, 0.4) is 0 Å². The first kappa shape index (κ1) is 16.1. The minimum absolute atomic E-state index is 0.225. The van der Waals surface area contributed by atoms with Crippen molar-refractivity contribution in [3.8, 4) is 0 Å². The van der Waals surface area contributed by atoms with Gasteiger partial charge in [-0.25, -0.2) is 0 Å². The maximum Gasteiger partial charge on any atom is 0.222 e. The van der Waals surface area contributed by atoms with Crippen LogP contribution in [0.4, 0.5) is 0 Å². The lowest BCUT2D eigenvalue weighted by molar-refractivity contribution is -0.132. The molecule has 19 heavy (non-hydrogen) atoms. The highest BCUT2D eigenvalue weighted by Gasteiger charge is 2.39. The summed E-state index contributed by atoms with van der Waals surface area (Å²) in [6.45, 7) is 5.63. The van der Waals surface area contributed by atoms with Crippen molar-refractivity contribution in [2.45, 2.75) is 44.3 Å². The molecule has 3 N–H and O–H groups in total. The lowest BCUT2D eigenvalue weighted by Crippen LogP contribution is -2.51. The molecule has 1 aliphatic rings. The molecule has 0 saturated carbocycles. The number of oxime groups is 1. The number of carbonyl (C=O) groups is 1. The lowest BCUT2D eigenvalue weighted by Gasteiger charge is -2.39. The Morgan fingerprint density at radius 2 is 2.05 bits per heavy atom. The van der Waals surface area contributed by atoms with Crippen molar-refractivity contribution in [2.75, 3.05) is 19.3 Å². The summed E-state index contributed by atoms with van der Waals surface area (Å²) >= 11 is 1.60. The predicted molar refractivity (Wildman–Crippen MR) is 79.5 cm³/mol. The van der Waals surface area contributed by atoms with Crippen LogP contribution in [0.1, 0.15) is 39.5 Å². The van der Waals surface area contributed by atoms with Crippen molar-refractivity contribution in [1.82, 2.24) is 4.90 Å². The van der Waals surface area contributed by atoms with Crippen LogP contribution in [0, 0.1) is 5.92 Å². The molecule has 0 aromatic heterocycles. The predicted octanol–water partition coefficient (Wildman–Crippen LogP) is 1.89. The minimum atomic E-state index is -0.316. The zero-order valence-corrected chi connectivity index (χ0v) is 12.9. The van der Waals surface area contributed by atoms with Gasteiger partial charge < -0.3 is 15.8 Å². The van der Waals surface area contributed by atoms with Crippen LogP contribution in [0.15, 0.2) is 5.16 Å². The molecule has 1 aliphatic heterocycles. The molecule has 1 rings (SSSR count). The summed E-state index contributed by atoms with van der Waals surface area (Å²) in [6.07, 6.45) is 5.01. The molecule has 1 heterocycles. The third-order valence-corrected chi connectivity index (χ3v) is 5.22. The molecular weight excluding hydrogens is 262 g/mol. The largest absolute Gasteiger partial charge is 0.409 e. The van der Waals surface area contributed by atoms with E-state index in [0.29, 0.717) is 25.4 Å². The Hall–Kier alpha value is -0.910. The molecule has 0 aliphatic carbocycles. The van der Waals surface area contributed by atoms with Crippen molar-refractivity contribution < 1.29 is 10.0 Å². The number of likely N-dealkylation sites (tertiary alicyclic amines) is 1. The van der Waals surface area contributed by atoms with E-state index in [9.17, 15) is 4.79 Å². The molecule has 0 unspecified atom stereocenters. The second kappa shape index (κ2) is 7.03. The van der Waals surface area contributed by atoms with E-state index in [1.54, 1.807) is 11.8 Å². The third kappa shape index (κ3) is 4.03. The number of nitrogens with zero attached hydrogens (tertiary/aromatic N) is 2. The molecular formula is C13H25N3O2S. The molecule has 1 saturated heterocycles. The van der Waals surface area contributed by atoms with E-state index in [0.717, 1.165) is 19.3 Å². The van der Waals surface area contributed by atoms with Crippen LogP contribution in [0.5, 0.6) is 0 Å². The van der Waals surface area contributed by atoms with Crippen molar-refractivity contribution in [1.29, 1.82) is 0 Å². The number of hydrogen-bond donors (Lipinski definition) is 2. The number of carbonyl (C=O) groups excluding carboxylic acids is 1. The standard InChI is InChI=1S/C13H25N3O2S/c1-10(2)4-5-11(17)16-8-6-13(19-3,7-9-16)12(14)15-18/h10,18H,4-9H2,1-3H3,(H2,14,15). The van der Waals surface area contributed by atoms with Gasteiger partial charge in [-0.1, -0.05) is 19.0 Å². The average Bonchev–Trinajstić information content (AvgIpc) is 2.43. The summed E-state index contributed by atoms with van der Waals surface area (Å²) in [5, 5.41) is 12.0. The average molecular weight is 287 g/mol. The van der Waals surface area contributed by atoms with E-state index >= 15 is 0 Å². The monoisotopic (exact) mass is 287 g/mol. The summed E-state index contributed by atoms with van der Waals surface area (Å²) in [6, 6.07) is 0. The highest BCUT2D eigenvalue weighted by Crippen LogP contribution is 2.35. The Labute approximate surface area is 119 Å². The van der Waals surface area contributed by atoms with Gasteiger partial charge in [-0.15, -0.1) is 0 Å². The number of thioether (sulfide) groups is 1. The molecule has 0 radical (unpaired) electrons. The molecule has 5 nitrogen and oxygen atoms in total. The number of nitrogens with two attached hydrogens (primary N) is 1. The van der Waals surface area contributed by atoms with E-state index < -0.39 is 0 Å². The fourth-order valence-electron chi connectivity index (χ4n) is 2.34. The molecule has 1 fully saturated rings. The van der Waals surface area contributed by atoms with Gasteiger partial charge in [0.1, 0.15) is 0 Å². The normalized spacial score (nSPS) is 19.8. The fourth-order valence-corrected chi connectivity index (χ4v) is 3.18.